The minimum atomic E-state index is -3.26. The number of aromatic nitrogens is 2. The summed E-state index contributed by atoms with van der Waals surface area (Å²) in [6, 6.07) is 7.26. The third kappa shape index (κ3) is 3.54. The number of sulfone groups is 1. The van der Waals surface area contributed by atoms with Crippen LogP contribution in [0.5, 0.6) is 0 Å². The first-order chi connectivity index (χ1) is 12.4. The Morgan fingerprint density at radius 2 is 2.04 bits per heavy atom. The van der Waals surface area contributed by atoms with Gasteiger partial charge in [-0.15, -0.1) is 0 Å². The van der Waals surface area contributed by atoms with Crippen molar-refractivity contribution in [3.8, 4) is 0 Å². The summed E-state index contributed by atoms with van der Waals surface area (Å²) in [4.78, 5) is 0.344. The standard InChI is InChI=1S/C18H22BrN3O3S/c1-12-10-17(21-22(12)18-4-2-3-9-25-18)20-13-5-8-15(19)16(11-13)26(23,24)14-6-7-14/h5,8,10-11,14,18H,2-4,6-7,9H2,1H3,(H,20,21). The Kier molecular flexibility index (Phi) is 4.83. The summed E-state index contributed by atoms with van der Waals surface area (Å²) in [5.74, 6) is 0.689. The number of hydrogen-bond acceptors (Lipinski definition) is 5. The molecule has 0 amide bonds. The number of anilines is 2. The Bertz CT molecular complexity index is 916. The molecule has 0 spiro atoms. The van der Waals surface area contributed by atoms with Gasteiger partial charge < -0.3 is 10.1 Å². The van der Waals surface area contributed by atoms with Crippen LogP contribution < -0.4 is 5.32 Å². The van der Waals surface area contributed by atoms with E-state index < -0.39 is 9.84 Å². The Morgan fingerprint density at radius 1 is 1.23 bits per heavy atom. The van der Waals surface area contributed by atoms with E-state index in [2.05, 4.69) is 26.3 Å². The molecule has 1 N–H and O–H groups in total. The van der Waals surface area contributed by atoms with Crippen LogP contribution in [0.15, 0.2) is 33.6 Å². The van der Waals surface area contributed by atoms with E-state index in [1.807, 2.05) is 23.7 Å². The highest BCUT2D eigenvalue weighted by molar-refractivity contribution is 9.10. The molecule has 0 radical (unpaired) electrons. The molecule has 1 aliphatic heterocycles. The second-order valence-corrected chi connectivity index (χ2v) is 10.0. The number of nitrogens with zero attached hydrogens (tertiary/aromatic N) is 2. The Hall–Kier alpha value is -1.38. The maximum absolute atomic E-state index is 12.6. The van der Waals surface area contributed by atoms with Crippen molar-refractivity contribution >= 4 is 37.3 Å². The van der Waals surface area contributed by atoms with Gasteiger partial charge in [0.2, 0.25) is 0 Å². The SMILES string of the molecule is Cc1cc(Nc2ccc(Br)c(S(=O)(=O)C3CC3)c2)nn1C1CCCCO1. The van der Waals surface area contributed by atoms with Crippen molar-refractivity contribution in [2.45, 2.75) is 55.4 Å². The molecule has 2 fully saturated rings. The van der Waals surface area contributed by atoms with E-state index in [-0.39, 0.29) is 11.5 Å². The third-order valence-electron chi connectivity index (χ3n) is 4.82. The first-order valence-corrected chi connectivity index (χ1v) is 11.3. The van der Waals surface area contributed by atoms with Crippen molar-refractivity contribution in [3.63, 3.8) is 0 Å². The molecule has 1 aliphatic carbocycles. The Balaban J connectivity index is 1.58. The zero-order valence-electron chi connectivity index (χ0n) is 14.6. The molecular weight excluding hydrogens is 418 g/mol. The summed E-state index contributed by atoms with van der Waals surface area (Å²) < 4.78 is 33.5. The van der Waals surface area contributed by atoms with E-state index in [9.17, 15) is 8.42 Å². The molecule has 8 heteroatoms. The number of nitrogens with one attached hydrogen (secondary N) is 1. The van der Waals surface area contributed by atoms with E-state index in [1.165, 1.54) is 0 Å². The molecule has 26 heavy (non-hydrogen) atoms. The van der Waals surface area contributed by atoms with Crippen molar-refractivity contribution in [2.75, 3.05) is 11.9 Å². The predicted molar refractivity (Wildman–Crippen MR) is 103 cm³/mol. The molecule has 0 bridgehead atoms. The monoisotopic (exact) mass is 439 g/mol. The molecule has 4 rings (SSSR count). The van der Waals surface area contributed by atoms with E-state index in [1.54, 1.807) is 12.1 Å². The van der Waals surface area contributed by atoms with Gasteiger partial charge in [-0.3, -0.25) is 0 Å². The first kappa shape index (κ1) is 18.0. The lowest BCUT2D eigenvalue weighted by atomic mass is 10.2. The van der Waals surface area contributed by atoms with Gasteiger partial charge in [-0.2, -0.15) is 5.10 Å². The summed E-state index contributed by atoms with van der Waals surface area (Å²) in [6.45, 7) is 2.77. The van der Waals surface area contributed by atoms with Crippen molar-refractivity contribution in [3.05, 3.63) is 34.4 Å². The molecule has 2 heterocycles. The van der Waals surface area contributed by atoms with Gasteiger partial charge in [0.25, 0.3) is 0 Å². The Labute approximate surface area is 162 Å². The lowest BCUT2D eigenvalue weighted by molar-refractivity contribution is -0.0404. The zero-order chi connectivity index (χ0) is 18.3. The van der Waals surface area contributed by atoms with E-state index in [4.69, 9.17) is 4.74 Å². The molecule has 1 saturated heterocycles. The van der Waals surface area contributed by atoms with Gasteiger partial charge in [0, 0.05) is 28.5 Å². The average molecular weight is 440 g/mol. The number of halogens is 1. The molecule has 1 atom stereocenters. The number of hydrogen-bond donors (Lipinski definition) is 1. The second-order valence-electron chi connectivity index (χ2n) is 6.95. The van der Waals surface area contributed by atoms with Gasteiger partial charge in [0.1, 0.15) is 0 Å². The van der Waals surface area contributed by atoms with E-state index in [0.717, 1.165) is 44.4 Å². The van der Waals surface area contributed by atoms with Crippen molar-refractivity contribution in [1.29, 1.82) is 0 Å². The molecule has 2 aliphatic rings. The molecule has 1 aromatic carbocycles. The largest absolute Gasteiger partial charge is 0.357 e. The van der Waals surface area contributed by atoms with Crippen LogP contribution in [0.3, 0.4) is 0 Å². The summed E-state index contributed by atoms with van der Waals surface area (Å²) in [5, 5.41) is 7.60. The van der Waals surface area contributed by atoms with Gasteiger partial charge in [-0.1, -0.05) is 0 Å². The zero-order valence-corrected chi connectivity index (χ0v) is 17.0. The van der Waals surface area contributed by atoms with Crippen LogP contribution in [0.1, 0.15) is 44.0 Å². The molecule has 1 saturated carbocycles. The van der Waals surface area contributed by atoms with Crippen molar-refractivity contribution in [1.82, 2.24) is 9.78 Å². The fraction of sp³-hybridized carbons (Fsp3) is 0.500. The fourth-order valence-electron chi connectivity index (χ4n) is 3.26. The lowest BCUT2D eigenvalue weighted by Gasteiger charge is -2.23. The highest BCUT2D eigenvalue weighted by Gasteiger charge is 2.38. The highest BCUT2D eigenvalue weighted by Crippen LogP contribution is 2.38. The van der Waals surface area contributed by atoms with Gasteiger partial charge in [-0.25, -0.2) is 13.1 Å². The third-order valence-corrected chi connectivity index (χ3v) is 8.08. The van der Waals surface area contributed by atoms with Crippen LogP contribution >= 0.6 is 15.9 Å². The normalized spacial score (nSPS) is 20.9. The van der Waals surface area contributed by atoms with Gasteiger partial charge in [0.05, 0.1) is 10.1 Å². The van der Waals surface area contributed by atoms with Crippen LogP contribution in [0.25, 0.3) is 0 Å². The molecule has 2 aromatic rings. The Morgan fingerprint density at radius 3 is 2.73 bits per heavy atom. The quantitative estimate of drug-likeness (QED) is 0.749. The van der Waals surface area contributed by atoms with Crippen LogP contribution in [0.4, 0.5) is 11.5 Å². The maximum atomic E-state index is 12.6. The molecule has 1 aromatic heterocycles. The van der Waals surface area contributed by atoms with E-state index in [0.29, 0.717) is 20.9 Å². The fourth-order valence-corrected chi connectivity index (χ4v) is 5.93. The molecule has 6 nitrogen and oxygen atoms in total. The number of benzene rings is 1. The highest BCUT2D eigenvalue weighted by atomic mass is 79.9. The minimum absolute atomic E-state index is 0.0185. The van der Waals surface area contributed by atoms with E-state index >= 15 is 0 Å². The maximum Gasteiger partial charge on any atom is 0.182 e. The van der Waals surface area contributed by atoms with Crippen LogP contribution in [0.2, 0.25) is 0 Å². The smallest absolute Gasteiger partial charge is 0.182 e. The topological polar surface area (TPSA) is 73.2 Å². The predicted octanol–water partition coefficient (Wildman–Crippen LogP) is 4.33. The van der Waals surface area contributed by atoms with Gasteiger partial charge in [0.15, 0.2) is 21.9 Å². The lowest BCUT2D eigenvalue weighted by Crippen LogP contribution is -2.20. The van der Waals surface area contributed by atoms with Gasteiger partial charge in [-0.05, 0) is 73.2 Å². The summed E-state index contributed by atoms with van der Waals surface area (Å²) in [5.41, 5.74) is 1.73. The number of aryl methyl sites for hydroxylation is 1. The van der Waals surface area contributed by atoms with Crippen molar-refractivity contribution < 1.29 is 13.2 Å². The summed E-state index contributed by atoms with van der Waals surface area (Å²) in [7, 11) is -3.26. The minimum Gasteiger partial charge on any atom is -0.357 e. The molecular formula is C18H22BrN3O3S. The number of ether oxygens (including phenoxy) is 1. The molecule has 140 valence electrons. The van der Waals surface area contributed by atoms with Crippen LogP contribution in [-0.2, 0) is 14.6 Å². The second kappa shape index (κ2) is 6.98. The molecule has 1 unspecified atom stereocenters. The summed E-state index contributed by atoms with van der Waals surface area (Å²) >= 11 is 3.37. The van der Waals surface area contributed by atoms with Crippen LogP contribution in [0, 0.1) is 6.92 Å². The summed E-state index contributed by atoms with van der Waals surface area (Å²) in [6.07, 6.45) is 4.68. The average Bonchev–Trinajstić information content (AvgIpc) is 3.42. The number of rotatable bonds is 5. The van der Waals surface area contributed by atoms with Crippen LogP contribution in [-0.4, -0.2) is 30.1 Å². The first-order valence-electron chi connectivity index (χ1n) is 8.93. The van der Waals surface area contributed by atoms with Crippen molar-refractivity contribution in [2.24, 2.45) is 0 Å². The van der Waals surface area contributed by atoms with Gasteiger partial charge >= 0.3 is 0 Å².